The molecule has 0 aromatic carbocycles. The molecule has 1 aromatic heterocycles. The average molecular weight is 282 g/mol. The van der Waals surface area contributed by atoms with Crippen molar-refractivity contribution in [3.63, 3.8) is 0 Å². The zero-order valence-electron chi connectivity index (χ0n) is 12.9. The second kappa shape index (κ2) is 7.84. The van der Waals surface area contributed by atoms with E-state index in [1.807, 2.05) is 4.90 Å². The molecule has 7 heteroatoms. The highest BCUT2D eigenvalue weighted by Crippen LogP contribution is 2.05. The molecule has 114 valence electrons. The number of aromatic nitrogens is 3. The number of nitrogens with zero attached hydrogens (tertiary/aromatic N) is 4. The first-order valence-corrected chi connectivity index (χ1v) is 7.17. The number of likely N-dealkylation sites (N-methyl/N-ethyl adjacent to an activating group) is 1. The van der Waals surface area contributed by atoms with Gasteiger partial charge in [0.2, 0.25) is 11.8 Å². The number of nitrogens with one attached hydrogen (secondary N) is 1. The van der Waals surface area contributed by atoms with E-state index in [0.717, 1.165) is 19.6 Å². The Kier molecular flexibility index (Phi) is 6.44. The molecule has 0 spiro atoms. The Morgan fingerprint density at radius 3 is 2.40 bits per heavy atom. The smallest absolute Gasteiger partial charge is 0.291 e. The summed E-state index contributed by atoms with van der Waals surface area (Å²) in [7, 11) is 0. The fourth-order valence-electron chi connectivity index (χ4n) is 2.04. The molecule has 0 saturated heterocycles. The van der Waals surface area contributed by atoms with Crippen molar-refractivity contribution in [2.75, 3.05) is 38.5 Å². The summed E-state index contributed by atoms with van der Waals surface area (Å²) in [6, 6.07) is 0. The summed E-state index contributed by atoms with van der Waals surface area (Å²) < 4.78 is 0. The quantitative estimate of drug-likeness (QED) is 0.737. The highest BCUT2D eigenvalue weighted by atomic mass is 16.2. The van der Waals surface area contributed by atoms with Gasteiger partial charge in [0, 0.05) is 19.6 Å². The molecule has 0 atom stereocenters. The third-order valence-corrected chi connectivity index (χ3v) is 3.16. The van der Waals surface area contributed by atoms with Crippen LogP contribution in [0.2, 0.25) is 0 Å². The van der Waals surface area contributed by atoms with E-state index in [-0.39, 0.29) is 17.7 Å². The third kappa shape index (κ3) is 4.80. The molecule has 7 nitrogen and oxygen atoms in total. The van der Waals surface area contributed by atoms with Crippen LogP contribution in [0.3, 0.4) is 0 Å². The highest BCUT2D eigenvalue weighted by Gasteiger charge is 2.20. The molecule has 1 rings (SSSR count). The number of carbonyl (C=O) groups is 1. The average Bonchev–Trinajstić information content (AvgIpc) is 2.84. The molecule has 1 aromatic rings. The molecule has 0 radical (unpaired) electrons. The number of nitrogens with two attached hydrogens (primary N) is 1. The van der Waals surface area contributed by atoms with Crippen molar-refractivity contribution in [2.45, 2.75) is 27.7 Å². The predicted octanol–water partition coefficient (Wildman–Crippen LogP) is 0.827. The van der Waals surface area contributed by atoms with Gasteiger partial charge in [-0.2, -0.15) is 4.98 Å². The standard InChI is InChI=1S/C13H26N6O/c1-5-18(6-2)7-8-19(9-10(3)4)12(20)11-15-13(14)17-16-11/h10H,5-9H2,1-4H3,(H3,14,15,16,17). The van der Waals surface area contributed by atoms with Crippen molar-refractivity contribution in [3.8, 4) is 0 Å². The fourth-order valence-corrected chi connectivity index (χ4v) is 2.04. The maximum atomic E-state index is 12.4. The number of hydrogen-bond acceptors (Lipinski definition) is 5. The molecule has 3 N–H and O–H groups in total. The Bertz CT molecular complexity index is 413. The molecule has 0 fully saturated rings. The Morgan fingerprint density at radius 1 is 1.30 bits per heavy atom. The minimum atomic E-state index is -0.143. The van der Waals surface area contributed by atoms with E-state index in [2.05, 4.69) is 47.8 Å². The van der Waals surface area contributed by atoms with Crippen LogP contribution in [0.25, 0.3) is 0 Å². The van der Waals surface area contributed by atoms with Crippen molar-refractivity contribution in [3.05, 3.63) is 5.82 Å². The van der Waals surface area contributed by atoms with Crippen LogP contribution in [0.5, 0.6) is 0 Å². The van der Waals surface area contributed by atoms with Crippen molar-refractivity contribution in [1.29, 1.82) is 0 Å². The SMILES string of the molecule is CCN(CC)CCN(CC(C)C)C(=O)c1nc(N)n[nH]1. The Balaban J connectivity index is 2.70. The lowest BCUT2D eigenvalue weighted by Gasteiger charge is -2.27. The lowest BCUT2D eigenvalue weighted by atomic mass is 10.2. The lowest BCUT2D eigenvalue weighted by Crippen LogP contribution is -2.41. The van der Waals surface area contributed by atoms with E-state index in [4.69, 9.17) is 5.73 Å². The van der Waals surface area contributed by atoms with Crippen LogP contribution in [0.1, 0.15) is 38.3 Å². The summed E-state index contributed by atoms with van der Waals surface area (Å²) in [4.78, 5) is 20.4. The van der Waals surface area contributed by atoms with Crippen LogP contribution < -0.4 is 5.73 Å². The van der Waals surface area contributed by atoms with Crippen LogP contribution in [0, 0.1) is 5.92 Å². The summed E-state index contributed by atoms with van der Waals surface area (Å²) in [6.07, 6.45) is 0. The number of anilines is 1. The molecule has 0 bridgehead atoms. The van der Waals surface area contributed by atoms with Gasteiger partial charge in [0.25, 0.3) is 5.91 Å². The first kappa shape index (κ1) is 16.4. The van der Waals surface area contributed by atoms with Gasteiger partial charge in [0.15, 0.2) is 0 Å². The van der Waals surface area contributed by atoms with Gasteiger partial charge >= 0.3 is 0 Å². The van der Waals surface area contributed by atoms with Gasteiger partial charge in [0.05, 0.1) is 0 Å². The van der Waals surface area contributed by atoms with E-state index < -0.39 is 0 Å². The van der Waals surface area contributed by atoms with E-state index in [1.165, 1.54) is 0 Å². The maximum absolute atomic E-state index is 12.4. The summed E-state index contributed by atoms with van der Waals surface area (Å²) in [6.45, 7) is 12.6. The lowest BCUT2D eigenvalue weighted by molar-refractivity contribution is 0.0704. The monoisotopic (exact) mass is 282 g/mol. The first-order valence-electron chi connectivity index (χ1n) is 7.17. The van der Waals surface area contributed by atoms with Crippen molar-refractivity contribution >= 4 is 11.9 Å². The largest absolute Gasteiger partial charge is 0.366 e. The number of aromatic amines is 1. The number of rotatable bonds is 8. The number of nitrogen functional groups attached to an aromatic ring is 1. The zero-order chi connectivity index (χ0) is 15.1. The number of carbonyl (C=O) groups excluding carboxylic acids is 1. The topological polar surface area (TPSA) is 91.1 Å². The minimum absolute atomic E-state index is 0.0987. The van der Waals surface area contributed by atoms with E-state index in [9.17, 15) is 4.79 Å². The summed E-state index contributed by atoms with van der Waals surface area (Å²) in [5.74, 6) is 0.565. The minimum Gasteiger partial charge on any atom is -0.366 e. The van der Waals surface area contributed by atoms with Crippen LogP contribution in [0.4, 0.5) is 5.95 Å². The van der Waals surface area contributed by atoms with Gasteiger partial charge in [-0.05, 0) is 19.0 Å². The number of hydrogen-bond donors (Lipinski definition) is 2. The third-order valence-electron chi connectivity index (χ3n) is 3.16. The molecule has 1 amide bonds. The Morgan fingerprint density at radius 2 is 1.95 bits per heavy atom. The van der Waals surface area contributed by atoms with E-state index in [0.29, 0.717) is 19.0 Å². The van der Waals surface area contributed by atoms with Crippen LogP contribution >= 0.6 is 0 Å². The van der Waals surface area contributed by atoms with Crippen LogP contribution in [-0.4, -0.2) is 63.6 Å². The molecule has 0 aliphatic carbocycles. The van der Waals surface area contributed by atoms with Gasteiger partial charge in [-0.3, -0.25) is 9.89 Å². The molecular formula is C13H26N6O. The first-order chi connectivity index (χ1) is 9.47. The highest BCUT2D eigenvalue weighted by molar-refractivity contribution is 5.90. The number of H-pyrrole nitrogens is 1. The van der Waals surface area contributed by atoms with Gasteiger partial charge in [0.1, 0.15) is 0 Å². The molecule has 1 heterocycles. The van der Waals surface area contributed by atoms with E-state index in [1.54, 1.807) is 0 Å². The normalized spacial score (nSPS) is 11.3. The molecule has 20 heavy (non-hydrogen) atoms. The molecular weight excluding hydrogens is 256 g/mol. The summed E-state index contributed by atoms with van der Waals surface area (Å²) >= 11 is 0. The Hall–Kier alpha value is -1.63. The summed E-state index contributed by atoms with van der Waals surface area (Å²) in [5.41, 5.74) is 5.45. The molecule has 0 aliphatic rings. The molecule has 0 unspecified atom stereocenters. The predicted molar refractivity (Wildman–Crippen MR) is 79.3 cm³/mol. The van der Waals surface area contributed by atoms with Crippen LogP contribution in [0.15, 0.2) is 0 Å². The zero-order valence-corrected chi connectivity index (χ0v) is 12.9. The van der Waals surface area contributed by atoms with E-state index >= 15 is 0 Å². The summed E-state index contributed by atoms with van der Waals surface area (Å²) in [5, 5.41) is 6.29. The van der Waals surface area contributed by atoms with Crippen molar-refractivity contribution in [2.24, 2.45) is 5.92 Å². The second-order valence-corrected chi connectivity index (χ2v) is 5.21. The number of amides is 1. The van der Waals surface area contributed by atoms with Gasteiger partial charge in [-0.15, -0.1) is 5.10 Å². The van der Waals surface area contributed by atoms with Crippen molar-refractivity contribution in [1.82, 2.24) is 25.0 Å². The van der Waals surface area contributed by atoms with Crippen molar-refractivity contribution < 1.29 is 4.79 Å². The van der Waals surface area contributed by atoms with Gasteiger partial charge in [-0.25, -0.2) is 0 Å². The van der Waals surface area contributed by atoms with Gasteiger partial charge in [-0.1, -0.05) is 27.7 Å². The maximum Gasteiger partial charge on any atom is 0.291 e. The van der Waals surface area contributed by atoms with Gasteiger partial charge < -0.3 is 15.5 Å². The Labute approximate surface area is 120 Å². The van der Waals surface area contributed by atoms with Crippen LogP contribution in [-0.2, 0) is 0 Å². The fraction of sp³-hybridized carbons (Fsp3) is 0.769. The molecule has 0 saturated carbocycles. The molecule has 0 aliphatic heterocycles. The second-order valence-electron chi connectivity index (χ2n) is 5.21.